The summed E-state index contributed by atoms with van der Waals surface area (Å²) in [5.41, 5.74) is 16.9. The Balaban J connectivity index is 0.981. The molecule has 0 saturated heterocycles. The summed E-state index contributed by atoms with van der Waals surface area (Å²) in [6.45, 7) is 6.72. The van der Waals surface area contributed by atoms with Gasteiger partial charge in [-0.25, -0.2) is 0 Å². The average molecular weight is 1110 g/mol. The quantitative estimate of drug-likeness (QED) is 0.128. The maximum atomic E-state index is 6.80. The number of fused-ring (bicyclic) bond motifs is 2. The van der Waals surface area contributed by atoms with Gasteiger partial charge in [-0.15, -0.1) is 0 Å². The third-order valence-electron chi connectivity index (χ3n) is 13.5. The van der Waals surface area contributed by atoms with E-state index < -0.39 is 0 Å². The first-order valence-corrected chi connectivity index (χ1v) is 25.5. The van der Waals surface area contributed by atoms with Crippen LogP contribution in [0.3, 0.4) is 0 Å². The van der Waals surface area contributed by atoms with Crippen molar-refractivity contribution < 1.29 is 24.1 Å². The van der Waals surface area contributed by atoms with E-state index in [1.807, 2.05) is 18.2 Å². The summed E-state index contributed by atoms with van der Waals surface area (Å²) in [5, 5.41) is 0. The second-order valence-corrected chi connectivity index (χ2v) is 20.2. The number of benzene rings is 9. The van der Waals surface area contributed by atoms with Crippen molar-refractivity contribution in [2.45, 2.75) is 26.2 Å². The zero-order valence-corrected chi connectivity index (χ0v) is 42.5. The van der Waals surface area contributed by atoms with E-state index in [-0.39, 0.29) is 12.4 Å². The predicted molar refractivity (Wildman–Crippen MR) is 294 cm³/mol. The van der Waals surface area contributed by atoms with Gasteiger partial charge in [-0.2, -0.15) is 0 Å². The minimum atomic E-state index is -0.187. The van der Waals surface area contributed by atoms with E-state index in [2.05, 4.69) is 289 Å². The van der Waals surface area contributed by atoms with Crippen LogP contribution < -0.4 is 19.8 Å². The Hall–Kier alpha value is -8.25. The van der Waals surface area contributed by atoms with Crippen molar-refractivity contribution in [2.75, 3.05) is 9.62 Å². The molecule has 350 valence electrons. The van der Waals surface area contributed by atoms with Gasteiger partial charge >= 0.3 is 350 Å². The summed E-state index contributed by atoms with van der Waals surface area (Å²) in [6, 6.07) is 88.2. The molecule has 0 aliphatic carbocycles. The molecule has 0 radical (unpaired) electrons. The molecule has 0 N–H and O–H groups in total. The van der Waals surface area contributed by atoms with E-state index >= 15 is 0 Å². The molecule has 0 unspecified atom stereocenters. The van der Waals surface area contributed by atoms with Crippen LogP contribution in [-0.2, 0) is 24.8 Å². The standard InChI is InChI=1S/C64H50BN5O.Pt/c1-64(2,3)50-42-55(47-25-10-5-11-26-47)63(56(43-50)49-28-20-27-48(41-49)46-23-8-4-9-24-46)68-45-67(57-35-16-17-36-58(57)68)53-33-21-34-54(44-53)71-62-40-22-39-61(66-62)70-60-38-19-18-37-59(60)69(52-31-14-7-15-32-52)65(70)51-29-12-6-13-30-51;/h4-44H,1-3H3;. The van der Waals surface area contributed by atoms with Crippen LogP contribution in [0.15, 0.2) is 249 Å². The topological polar surface area (TPSA) is 38.5 Å². The fourth-order valence-corrected chi connectivity index (χ4v) is 11.2. The second kappa shape index (κ2) is 18.8. The summed E-state index contributed by atoms with van der Waals surface area (Å²) < 4.78 is 12.6. The molecule has 2 aromatic heterocycles. The molecule has 3 heterocycles. The van der Waals surface area contributed by atoms with Crippen LogP contribution in [0.2, 0.25) is 0 Å². The first-order chi connectivity index (χ1) is 35.3. The van der Waals surface area contributed by atoms with Crippen molar-refractivity contribution in [3.8, 4) is 56.4 Å². The zero-order valence-electron chi connectivity index (χ0n) is 40.2. The van der Waals surface area contributed by atoms with Crippen LogP contribution in [0.4, 0.5) is 22.9 Å². The number of para-hydroxylation sites is 5. The van der Waals surface area contributed by atoms with E-state index in [0.29, 0.717) is 11.6 Å². The molecule has 1 aliphatic rings. The van der Waals surface area contributed by atoms with Gasteiger partial charge < -0.3 is 0 Å². The fourth-order valence-electron chi connectivity index (χ4n) is 10.1. The van der Waals surface area contributed by atoms with E-state index in [0.717, 1.165) is 71.2 Å². The minimum absolute atomic E-state index is 0.111. The molecule has 72 heavy (non-hydrogen) atoms. The summed E-state index contributed by atoms with van der Waals surface area (Å²) in [4.78, 5) is 9.97. The van der Waals surface area contributed by atoms with Gasteiger partial charge in [-0.05, 0) is 18.2 Å². The van der Waals surface area contributed by atoms with Crippen molar-refractivity contribution in [2.24, 2.45) is 0 Å². The van der Waals surface area contributed by atoms with Gasteiger partial charge in [0.2, 0.25) is 0 Å². The summed E-state index contributed by atoms with van der Waals surface area (Å²) in [7, 11) is 0. The predicted octanol–water partition coefficient (Wildman–Crippen LogP) is 15.7. The Bertz CT molecular complexity index is 3810. The monoisotopic (exact) mass is 1110 g/mol. The van der Waals surface area contributed by atoms with Gasteiger partial charge in [0, 0.05) is 5.69 Å². The zero-order chi connectivity index (χ0) is 48.8. The average Bonchev–Trinajstić information content (AvgIpc) is 3.93. The molecular weight excluding hydrogens is 1060 g/mol. The Morgan fingerprint density at radius 3 is 1.67 bits per heavy atom. The van der Waals surface area contributed by atoms with E-state index in [1.165, 1.54) is 22.3 Å². The molecule has 0 bridgehead atoms. The van der Waals surface area contributed by atoms with Gasteiger partial charge in [0.1, 0.15) is 0 Å². The van der Waals surface area contributed by atoms with Crippen molar-refractivity contribution in [1.29, 1.82) is 0 Å². The summed E-state index contributed by atoms with van der Waals surface area (Å²) in [6.07, 6.45) is 0. The van der Waals surface area contributed by atoms with Crippen LogP contribution in [-0.4, -0.2) is 21.1 Å². The second-order valence-electron chi connectivity index (χ2n) is 19.2. The molecular formula is C64H50BN5OPt. The number of pyridine rings is 1. The third-order valence-corrected chi connectivity index (χ3v) is 14.6. The molecule has 0 fully saturated rings. The molecule has 0 atom stereocenters. The van der Waals surface area contributed by atoms with E-state index in [9.17, 15) is 0 Å². The molecule has 0 spiro atoms. The number of imidazole rings is 1. The van der Waals surface area contributed by atoms with Crippen molar-refractivity contribution in [3.63, 3.8) is 0 Å². The molecule has 8 heteroatoms. The number of aromatic nitrogens is 3. The van der Waals surface area contributed by atoms with Gasteiger partial charge in [0.05, 0.1) is 0 Å². The normalized spacial score (nSPS) is 12.4. The summed E-state index contributed by atoms with van der Waals surface area (Å²) >= 11 is 2.53. The Morgan fingerprint density at radius 1 is 0.444 bits per heavy atom. The molecule has 11 aromatic rings. The molecule has 12 rings (SSSR count). The molecule has 6 nitrogen and oxygen atoms in total. The first-order valence-electron chi connectivity index (χ1n) is 24.4. The Morgan fingerprint density at radius 2 is 0.972 bits per heavy atom. The van der Waals surface area contributed by atoms with Crippen LogP contribution >= 0.6 is 0 Å². The molecule has 1 aliphatic heterocycles. The number of nitrogens with zero attached hydrogens (tertiary/aromatic N) is 5. The maximum absolute atomic E-state index is 6.80. The molecule has 9 aromatic carbocycles. The molecule has 0 saturated carbocycles. The van der Waals surface area contributed by atoms with Crippen LogP contribution in [0, 0.1) is 3.80 Å². The van der Waals surface area contributed by atoms with Gasteiger partial charge in [-0.1, -0.05) is 60.7 Å². The Kier molecular flexibility index (Phi) is 11.7. The van der Waals surface area contributed by atoms with Crippen molar-refractivity contribution in [1.82, 2.24) is 14.1 Å². The number of rotatable bonds is 10. The van der Waals surface area contributed by atoms with Gasteiger partial charge in [0.15, 0.2) is 0 Å². The molecule has 0 amide bonds. The van der Waals surface area contributed by atoms with Crippen LogP contribution in [0.25, 0.3) is 55.8 Å². The van der Waals surface area contributed by atoms with E-state index in [1.54, 1.807) is 0 Å². The Labute approximate surface area is 432 Å². The number of ether oxygens (including phenoxy) is 1. The summed E-state index contributed by atoms with van der Waals surface area (Å²) in [5.74, 6) is 1.97. The SMILES string of the molecule is CC(C)(C)c1cc(-c2ccccc2)c(-n2[c](=[Pt])n(-c3cccc(Oc4cccc(N5B(c6ccccc6)N(c6ccccc6)c6ccccc65)n4)c3)c3ccccc32)c(-c2cccc(-c3ccccc3)c2)c1. The van der Waals surface area contributed by atoms with Gasteiger partial charge in [-0.3, -0.25) is 0 Å². The number of anilines is 4. The first kappa shape index (κ1) is 44.9. The van der Waals surface area contributed by atoms with Crippen molar-refractivity contribution in [3.05, 3.63) is 258 Å². The number of hydrogen-bond donors (Lipinski definition) is 0. The third kappa shape index (κ3) is 8.30. The van der Waals surface area contributed by atoms with Crippen molar-refractivity contribution >= 4 is 46.4 Å². The van der Waals surface area contributed by atoms with Gasteiger partial charge in [0.25, 0.3) is 0 Å². The van der Waals surface area contributed by atoms with E-state index in [4.69, 9.17) is 9.72 Å². The van der Waals surface area contributed by atoms with Crippen LogP contribution in [0.5, 0.6) is 11.6 Å². The van der Waals surface area contributed by atoms with Crippen LogP contribution in [0.1, 0.15) is 26.3 Å². The number of hydrogen-bond acceptors (Lipinski definition) is 4. The fraction of sp³-hybridized carbons (Fsp3) is 0.0625.